The van der Waals surface area contributed by atoms with Gasteiger partial charge in [-0.25, -0.2) is 18.2 Å². The first kappa shape index (κ1) is 28.6. The molecule has 0 saturated carbocycles. The summed E-state index contributed by atoms with van der Waals surface area (Å²) in [7, 11) is -3.92. The number of aromatic nitrogens is 1. The third-order valence-electron chi connectivity index (χ3n) is 5.28. The average molecular weight is 541 g/mol. The number of hydrogen-bond acceptors (Lipinski definition) is 7. The van der Waals surface area contributed by atoms with Crippen molar-refractivity contribution in [1.82, 2.24) is 4.98 Å². The van der Waals surface area contributed by atoms with Crippen molar-refractivity contribution in [1.29, 1.82) is 0 Å². The van der Waals surface area contributed by atoms with E-state index in [0.29, 0.717) is 17.9 Å². The van der Waals surface area contributed by atoms with Crippen LogP contribution < -0.4 is 9.46 Å². The van der Waals surface area contributed by atoms with Crippen molar-refractivity contribution >= 4 is 27.8 Å². The van der Waals surface area contributed by atoms with Gasteiger partial charge in [-0.1, -0.05) is 18.6 Å². The molecule has 1 aromatic heterocycles. The van der Waals surface area contributed by atoms with Gasteiger partial charge in [0, 0.05) is 12.6 Å². The molecule has 0 aliphatic heterocycles. The van der Waals surface area contributed by atoms with Gasteiger partial charge >= 0.3 is 11.9 Å². The van der Waals surface area contributed by atoms with Gasteiger partial charge in [-0.2, -0.15) is 0 Å². The van der Waals surface area contributed by atoms with Crippen LogP contribution in [0.4, 0.5) is 5.82 Å². The Labute approximate surface area is 222 Å². The normalized spacial score (nSPS) is 11.6. The highest BCUT2D eigenvalue weighted by Gasteiger charge is 2.16. The molecule has 0 amide bonds. The maximum atomic E-state index is 12.6. The number of anilines is 1. The fourth-order valence-electron chi connectivity index (χ4n) is 3.53. The first-order chi connectivity index (χ1) is 17.9. The zero-order valence-corrected chi connectivity index (χ0v) is 22.5. The molecular formula is C28H32N2O7S. The van der Waals surface area contributed by atoms with Crippen LogP contribution in [0.15, 0.2) is 71.8 Å². The van der Waals surface area contributed by atoms with Gasteiger partial charge in [0.2, 0.25) is 0 Å². The largest absolute Gasteiger partial charge is 0.478 e. The van der Waals surface area contributed by atoms with Crippen molar-refractivity contribution in [2.24, 2.45) is 0 Å². The predicted octanol–water partition coefficient (Wildman–Crippen LogP) is 5.82. The molecule has 0 spiro atoms. The molecule has 0 radical (unpaired) electrons. The lowest BCUT2D eigenvalue weighted by Crippen LogP contribution is -2.23. The van der Waals surface area contributed by atoms with Gasteiger partial charge in [0.05, 0.1) is 10.5 Å². The minimum atomic E-state index is -3.92. The minimum Gasteiger partial charge on any atom is -0.478 e. The number of benzene rings is 2. The number of aromatic carboxylic acids is 1. The van der Waals surface area contributed by atoms with E-state index in [4.69, 9.17) is 14.6 Å². The fraction of sp³-hybridized carbons (Fsp3) is 0.321. The Hall–Kier alpha value is -3.92. The van der Waals surface area contributed by atoms with Crippen LogP contribution in [-0.2, 0) is 26.0 Å². The highest BCUT2D eigenvalue weighted by atomic mass is 32.2. The van der Waals surface area contributed by atoms with E-state index in [1.807, 2.05) is 45.0 Å². The second-order valence-corrected chi connectivity index (χ2v) is 11.4. The standard InChI is InChI=1S/C28H32N2O7S/c1-28(2,3)37-26(31)11-6-4-5-8-20-9-7-10-23(18-20)36-22-13-15-24(16-14-22)38(34,35)30-25-17-12-21(19-29-25)27(32)33/h7,9-10,12-19H,4-6,8,11H2,1-3H3,(H,29,30)(H,32,33). The summed E-state index contributed by atoms with van der Waals surface area (Å²) in [6, 6.07) is 16.2. The number of pyridine rings is 1. The summed E-state index contributed by atoms with van der Waals surface area (Å²) in [6.07, 6.45) is 4.95. The van der Waals surface area contributed by atoms with Gasteiger partial charge in [0.15, 0.2) is 0 Å². The molecule has 0 fully saturated rings. The molecule has 0 aliphatic carbocycles. The van der Waals surface area contributed by atoms with Crippen LogP contribution in [-0.4, -0.2) is 36.0 Å². The monoisotopic (exact) mass is 540 g/mol. The predicted molar refractivity (Wildman–Crippen MR) is 143 cm³/mol. The van der Waals surface area contributed by atoms with Gasteiger partial charge in [-0.15, -0.1) is 0 Å². The lowest BCUT2D eigenvalue weighted by Gasteiger charge is -2.19. The molecule has 2 aromatic carbocycles. The summed E-state index contributed by atoms with van der Waals surface area (Å²) in [4.78, 5) is 26.6. The van der Waals surface area contributed by atoms with Crippen LogP contribution >= 0.6 is 0 Å². The van der Waals surface area contributed by atoms with E-state index in [1.165, 1.54) is 24.3 Å². The number of unbranched alkanes of at least 4 members (excludes halogenated alkanes) is 2. The number of carbonyl (C=O) groups is 2. The number of rotatable bonds is 12. The summed E-state index contributed by atoms with van der Waals surface area (Å²) >= 11 is 0. The Morgan fingerprint density at radius 3 is 2.32 bits per heavy atom. The number of carboxylic acid groups (broad SMARTS) is 1. The van der Waals surface area contributed by atoms with E-state index < -0.39 is 21.6 Å². The van der Waals surface area contributed by atoms with Crippen molar-refractivity contribution in [2.45, 2.75) is 63.4 Å². The Balaban J connectivity index is 1.51. The van der Waals surface area contributed by atoms with Crippen LogP contribution in [0.5, 0.6) is 11.5 Å². The quantitative estimate of drug-likeness (QED) is 0.217. The van der Waals surface area contributed by atoms with Crippen molar-refractivity contribution in [3.63, 3.8) is 0 Å². The number of carbonyl (C=O) groups excluding carboxylic acids is 1. The molecule has 10 heteroatoms. The Bertz CT molecular complexity index is 1350. The van der Waals surface area contributed by atoms with Crippen LogP contribution in [0.3, 0.4) is 0 Å². The third kappa shape index (κ3) is 9.19. The molecule has 2 N–H and O–H groups in total. The van der Waals surface area contributed by atoms with Crippen LogP contribution in [0, 0.1) is 0 Å². The molecule has 202 valence electrons. The number of hydrogen-bond donors (Lipinski definition) is 2. The van der Waals surface area contributed by atoms with Crippen molar-refractivity contribution in [3.8, 4) is 11.5 Å². The Morgan fingerprint density at radius 2 is 1.68 bits per heavy atom. The van der Waals surface area contributed by atoms with E-state index in [-0.39, 0.29) is 22.2 Å². The maximum absolute atomic E-state index is 12.6. The molecule has 0 saturated heterocycles. The number of esters is 1. The molecule has 38 heavy (non-hydrogen) atoms. The number of ether oxygens (including phenoxy) is 2. The average Bonchev–Trinajstić information content (AvgIpc) is 2.83. The number of aryl methyl sites for hydroxylation is 1. The Morgan fingerprint density at radius 1 is 0.947 bits per heavy atom. The third-order valence-corrected chi connectivity index (χ3v) is 6.65. The highest BCUT2D eigenvalue weighted by Crippen LogP contribution is 2.25. The molecule has 0 atom stereocenters. The van der Waals surface area contributed by atoms with Gasteiger partial charge < -0.3 is 14.6 Å². The van der Waals surface area contributed by atoms with Crippen LogP contribution in [0.1, 0.15) is 62.4 Å². The molecule has 3 rings (SSSR count). The van der Waals surface area contributed by atoms with E-state index in [1.54, 1.807) is 12.1 Å². The molecule has 0 unspecified atom stereocenters. The lowest BCUT2D eigenvalue weighted by atomic mass is 10.1. The summed E-state index contributed by atoms with van der Waals surface area (Å²) in [5, 5.41) is 8.93. The summed E-state index contributed by atoms with van der Waals surface area (Å²) in [5.41, 5.74) is 0.597. The van der Waals surface area contributed by atoms with Crippen LogP contribution in [0.2, 0.25) is 0 Å². The van der Waals surface area contributed by atoms with Gasteiger partial charge in [0.25, 0.3) is 10.0 Å². The smallest absolute Gasteiger partial charge is 0.337 e. The minimum absolute atomic E-state index is 0.00842. The molecule has 0 bridgehead atoms. The van der Waals surface area contributed by atoms with E-state index in [0.717, 1.165) is 37.4 Å². The zero-order valence-electron chi connectivity index (χ0n) is 21.6. The van der Waals surface area contributed by atoms with Gasteiger partial charge in [-0.05, 0) is 94.1 Å². The fourth-order valence-corrected chi connectivity index (χ4v) is 4.54. The molecule has 9 nitrogen and oxygen atoms in total. The summed E-state index contributed by atoms with van der Waals surface area (Å²) in [5.74, 6) is -0.205. The van der Waals surface area contributed by atoms with Gasteiger partial charge in [-0.3, -0.25) is 9.52 Å². The first-order valence-electron chi connectivity index (χ1n) is 12.2. The van der Waals surface area contributed by atoms with E-state index in [9.17, 15) is 18.0 Å². The SMILES string of the molecule is CC(C)(C)OC(=O)CCCCCc1cccc(Oc2ccc(S(=O)(=O)Nc3ccc(C(=O)O)cn3)cc2)c1. The van der Waals surface area contributed by atoms with E-state index >= 15 is 0 Å². The first-order valence-corrected chi connectivity index (χ1v) is 13.7. The Kier molecular flexibility index (Phi) is 9.46. The lowest BCUT2D eigenvalue weighted by molar-refractivity contribution is -0.154. The van der Waals surface area contributed by atoms with Crippen LogP contribution in [0.25, 0.3) is 0 Å². The molecule has 3 aromatic rings. The number of sulfonamides is 1. The highest BCUT2D eigenvalue weighted by molar-refractivity contribution is 7.92. The van der Waals surface area contributed by atoms with Crippen molar-refractivity contribution in [3.05, 3.63) is 78.0 Å². The zero-order chi connectivity index (χ0) is 27.8. The maximum Gasteiger partial charge on any atom is 0.337 e. The van der Waals surface area contributed by atoms with Gasteiger partial charge in [0.1, 0.15) is 22.9 Å². The van der Waals surface area contributed by atoms with Crippen molar-refractivity contribution in [2.75, 3.05) is 4.72 Å². The summed E-state index contributed by atoms with van der Waals surface area (Å²) in [6.45, 7) is 5.58. The second-order valence-electron chi connectivity index (χ2n) is 9.71. The van der Waals surface area contributed by atoms with Crippen molar-refractivity contribution < 1.29 is 32.6 Å². The number of carboxylic acids is 1. The topological polar surface area (TPSA) is 132 Å². The second kappa shape index (κ2) is 12.6. The summed E-state index contributed by atoms with van der Waals surface area (Å²) < 4.78 is 38.8. The van der Waals surface area contributed by atoms with E-state index in [2.05, 4.69) is 9.71 Å². The number of nitrogens with one attached hydrogen (secondary N) is 1. The number of nitrogens with zero attached hydrogens (tertiary/aromatic N) is 1. The molecule has 1 heterocycles. The molecule has 0 aliphatic rings. The molecular weight excluding hydrogens is 508 g/mol.